The van der Waals surface area contributed by atoms with Gasteiger partial charge in [0.25, 0.3) is 0 Å². The monoisotopic (exact) mass is 326 g/mol. The third kappa shape index (κ3) is 2.32. The molecule has 4 nitrogen and oxygen atoms in total. The van der Waals surface area contributed by atoms with Crippen LogP contribution in [-0.2, 0) is 4.79 Å². The summed E-state index contributed by atoms with van der Waals surface area (Å²) in [6.07, 6.45) is 0. The van der Waals surface area contributed by atoms with E-state index in [1.54, 1.807) is 17.0 Å². The van der Waals surface area contributed by atoms with E-state index < -0.39 is 0 Å². The van der Waals surface area contributed by atoms with E-state index in [1.165, 1.54) is 6.07 Å². The Hall–Kier alpha value is -2.24. The largest absolute Gasteiger partial charge is 0.394 e. The Bertz CT molecular complexity index is 756. The second-order valence-corrected chi connectivity index (χ2v) is 6.38. The minimum atomic E-state index is -0.240. The molecule has 0 unspecified atom stereocenters. The number of carbonyl (C=O) groups is 1. The highest BCUT2D eigenvalue weighted by Gasteiger charge is 2.52. The highest BCUT2D eigenvalue weighted by atomic mass is 19.1. The maximum absolute atomic E-state index is 13.9. The summed E-state index contributed by atoms with van der Waals surface area (Å²) < 4.78 is 13.9. The molecule has 24 heavy (non-hydrogen) atoms. The number of aliphatic hydroxyl groups excluding tert-OH is 1. The summed E-state index contributed by atoms with van der Waals surface area (Å²) in [5, 5.41) is 12.8. The van der Waals surface area contributed by atoms with Gasteiger partial charge in [-0.05, 0) is 17.2 Å². The van der Waals surface area contributed by atoms with Gasteiger partial charge >= 0.3 is 0 Å². The Balaban J connectivity index is 1.61. The van der Waals surface area contributed by atoms with Crippen LogP contribution in [0.2, 0.25) is 0 Å². The SMILES string of the molecule is O=C1CNC[C@H]2[C@@H](c3ccc(-c4ccccc4F)cc3)[C@@H](CO)N12. The molecular formula is C19H19FN2O2. The van der Waals surface area contributed by atoms with Crippen molar-refractivity contribution >= 4 is 5.91 Å². The van der Waals surface area contributed by atoms with Crippen LogP contribution in [0.15, 0.2) is 48.5 Å². The lowest BCUT2D eigenvalue weighted by Gasteiger charge is -2.57. The Morgan fingerprint density at radius 3 is 2.62 bits per heavy atom. The van der Waals surface area contributed by atoms with Crippen molar-refractivity contribution in [1.82, 2.24) is 10.2 Å². The van der Waals surface area contributed by atoms with Crippen molar-refractivity contribution in [1.29, 1.82) is 0 Å². The van der Waals surface area contributed by atoms with Gasteiger partial charge in [-0.25, -0.2) is 4.39 Å². The van der Waals surface area contributed by atoms with Gasteiger partial charge in [0.1, 0.15) is 5.82 Å². The van der Waals surface area contributed by atoms with Gasteiger partial charge in [0.2, 0.25) is 5.91 Å². The van der Waals surface area contributed by atoms with Gasteiger partial charge in [-0.15, -0.1) is 0 Å². The number of benzene rings is 2. The lowest BCUT2D eigenvalue weighted by molar-refractivity contribution is -0.153. The number of aliphatic hydroxyl groups is 1. The van der Waals surface area contributed by atoms with E-state index >= 15 is 0 Å². The van der Waals surface area contributed by atoms with E-state index in [-0.39, 0.29) is 36.3 Å². The van der Waals surface area contributed by atoms with Crippen LogP contribution in [0.4, 0.5) is 4.39 Å². The highest BCUT2D eigenvalue weighted by molar-refractivity contribution is 5.81. The van der Waals surface area contributed by atoms with Crippen molar-refractivity contribution in [3.63, 3.8) is 0 Å². The smallest absolute Gasteiger partial charge is 0.237 e. The van der Waals surface area contributed by atoms with Gasteiger partial charge in [-0.3, -0.25) is 4.79 Å². The number of halogens is 1. The van der Waals surface area contributed by atoms with Gasteiger partial charge in [-0.1, -0.05) is 42.5 Å². The van der Waals surface area contributed by atoms with Crippen LogP contribution in [0.5, 0.6) is 0 Å². The average Bonchev–Trinajstić information content (AvgIpc) is 2.58. The topological polar surface area (TPSA) is 52.6 Å². The number of hydrogen-bond donors (Lipinski definition) is 2. The molecular weight excluding hydrogens is 307 g/mol. The predicted molar refractivity (Wildman–Crippen MR) is 89.0 cm³/mol. The van der Waals surface area contributed by atoms with Crippen LogP contribution in [-0.4, -0.2) is 47.7 Å². The standard InChI is InChI=1S/C19H19FN2O2/c20-15-4-2-1-3-14(15)12-5-7-13(8-6-12)19-16-9-21-10-18(24)22(16)17(19)11-23/h1-8,16-17,19,21,23H,9-11H2/t16-,17+,19+/m0/s1. The molecule has 4 rings (SSSR count). The molecule has 0 aromatic heterocycles. The molecule has 2 saturated heterocycles. The fourth-order valence-electron chi connectivity index (χ4n) is 3.99. The van der Waals surface area contributed by atoms with E-state index in [9.17, 15) is 14.3 Å². The van der Waals surface area contributed by atoms with E-state index in [4.69, 9.17) is 0 Å². The minimum absolute atomic E-state index is 0.0397. The number of rotatable bonds is 3. The maximum Gasteiger partial charge on any atom is 0.237 e. The van der Waals surface area contributed by atoms with Gasteiger partial charge in [0, 0.05) is 18.0 Å². The van der Waals surface area contributed by atoms with Gasteiger partial charge in [0.05, 0.1) is 25.2 Å². The zero-order chi connectivity index (χ0) is 16.7. The third-order valence-electron chi connectivity index (χ3n) is 5.13. The van der Waals surface area contributed by atoms with E-state index in [2.05, 4.69) is 5.32 Å². The van der Waals surface area contributed by atoms with E-state index in [1.807, 2.05) is 30.3 Å². The molecule has 2 fully saturated rings. The van der Waals surface area contributed by atoms with Crippen LogP contribution < -0.4 is 5.32 Å². The first-order chi connectivity index (χ1) is 11.7. The highest BCUT2D eigenvalue weighted by Crippen LogP contribution is 2.41. The quantitative estimate of drug-likeness (QED) is 0.904. The first-order valence-electron chi connectivity index (χ1n) is 8.18. The summed E-state index contributed by atoms with van der Waals surface area (Å²) in [5.74, 6) is -0.0821. The molecule has 2 aliphatic heterocycles. The zero-order valence-corrected chi connectivity index (χ0v) is 13.2. The number of fused-ring (bicyclic) bond motifs is 1. The number of amides is 1. The molecule has 2 aromatic carbocycles. The molecule has 0 bridgehead atoms. The molecule has 0 saturated carbocycles. The molecule has 0 spiro atoms. The van der Waals surface area contributed by atoms with Crippen molar-refractivity contribution in [3.8, 4) is 11.1 Å². The first kappa shape index (κ1) is 15.3. The summed E-state index contributed by atoms with van der Waals surface area (Å²) in [6.45, 7) is 1.04. The van der Waals surface area contributed by atoms with Crippen LogP contribution >= 0.6 is 0 Å². The molecule has 3 atom stereocenters. The number of carbonyl (C=O) groups excluding carboxylic acids is 1. The molecule has 0 aliphatic carbocycles. The first-order valence-corrected chi connectivity index (χ1v) is 8.18. The van der Waals surface area contributed by atoms with Crippen molar-refractivity contribution in [3.05, 3.63) is 59.9 Å². The summed E-state index contributed by atoms with van der Waals surface area (Å²) in [4.78, 5) is 13.8. The average molecular weight is 326 g/mol. The zero-order valence-electron chi connectivity index (χ0n) is 13.2. The van der Waals surface area contributed by atoms with Crippen LogP contribution in [0.1, 0.15) is 11.5 Å². The molecule has 2 aliphatic rings. The lowest BCUT2D eigenvalue weighted by Crippen LogP contribution is -2.72. The third-order valence-corrected chi connectivity index (χ3v) is 5.13. The molecule has 2 heterocycles. The van der Waals surface area contributed by atoms with Gasteiger partial charge < -0.3 is 15.3 Å². The van der Waals surface area contributed by atoms with Crippen LogP contribution in [0, 0.1) is 5.82 Å². The predicted octanol–water partition coefficient (Wildman–Crippen LogP) is 1.75. The second-order valence-electron chi connectivity index (χ2n) is 6.38. The summed E-state index contributed by atoms with van der Waals surface area (Å²) in [6, 6.07) is 14.4. The molecule has 0 radical (unpaired) electrons. The van der Waals surface area contributed by atoms with Gasteiger partial charge in [0.15, 0.2) is 0 Å². The Morgan fingerprint density at radius 2 is 1.92 bits per heavy atom. The number of hydrogen-bond acceptors (Lipinski definition) is 3. The molecule has 2 aromatic rings. The van der Waals surface area contributed by atoms with Crippen molar-refractivity contribution in [2.24, 2.45) is 0 Å². The van der Waals surface area contributed by atoms with Crippen molar-refractivity contribution in [2.45, 2.75) is 18.0 Å². The fourth-order valence-corrected chi connectivity index (χ4v) is 3.99. The second kappa shape index (κ2) is 6.00. The molecule has 1 amide bonds. The lowest BCUT2D eigenvalue weighted by atomic mass is 9.74. The Kier molecular flexibility index (Phi) is 3.82. The van der Waals surface area contributed by atoms with Crippen LogP contribution in [0.3, 0.4) is 0 Å². The summed E-state index contributed by atoms with van der Waals surface area (Å²) in [7, 11) is 0. The number of piperazine rings is 1. The van der Waals surface area contributed by atoms with Crippen molar-refractivity contribution in [2.75, 3.05) is 19.7 Å². The fraction of sp³-hybridized carbons (Fsp3) is 0.316. The molecule has 124 valence electrons. The van der Waals surface area contributed by atoms with Crippen molar-refractivity contribution < 1.29 is 14.3 Å². The number of nitrogens with zero attached hydrogens (tertiary/aromatic N) is 1. The Morgan fingerprint density at radius 1 is 1.17 bits per heavy atom. The van der Waals surface area contributed by atoms with Crippen LogP contribution in [0.25, 0.3) is 11.1 Å². The van der Waals surface area contributed by atoms with E-state index in [0.29, 0.717) is 12.1 Å². The minimum Gasteiger partial charge on any atom is -0.394 e. The van der Waals surface area contributed by atoms with Gasteiger partial charge in [-0.2, -0.15) is 0 Å². The summed E-state index contributed by atoms with van der Waals surface area (Å²) >= 11 is 0. The molecule has 5 heteroatoms. The maximum atomic E-state index is 13.9. The molecule has 2 N–H and O–H groups in total. The van der Waals surface area contributed by atoms with E-state index in [0.717, 1.165) is 17.7 Å². The normalized spacial score (nSPS) is 26.0. The number of nitrogens with one attached hydrogen (secondary N) is 1. The summed E-state index contributed by atoms with van der Waals surface area (Å²) in [5.41, 5.74) is 2.48. The Labute approximate surface area is 139 Å².